The first-order valence-corrected chi connectivity index (χ1v) is 10.1. The molecule has 2 unspecified atom stereocenters. The predicted molar refractivity (Wildman–Crippen MR) is 106 cm³/mol. The summed E-state index contributed by atoms with van der Waals surface area (Å²) in [5, 5.41) is 12.9. The molecule has 1 amide bonds. The summed E-state index contributed by atoms with van der Waals surface area (Å²) in [4.78, 5) is 38.4. The second kappa shape index (κ2) is 8.22. The second-order valence-electron chi connectivity index (χ2n) is 8.11. The number of Topliss-reactive ketones (excluding diaryl/α,β-unsaturated/α-hetero) is 1. The van der Waals surface area contributed by atoms with Gasteiger partial charge in [0.1, 0.15) is 22.9 Å². The van der Waals surface area contributed by atoms with Gasteiger partial charge in [0.2, 0.25) is 5.43 Å². The summed E-state index contributed by atoms with van der Waals surface area (Å²) in [6.45, 7) is 2.38. The maximum absolute atomic E-state index is 13.8. The lowest BCUT2D eigenvalue weighted by atomic mass is 9.84. The predicted octanol–water partition coefficient (Wildman–Crippen LogP) is 2.39. The number of hydrogen-bond donors (Lipinski definition) is 2. The molecule has 7 nitrogen and oxygen atoms in total. The van der Waals surface area contributed by atoms with Crippen molar-refractivity contribution in [3.8, 4) is 5.75 Å². The Morgan fingerprint density at radius 3 is 2.84 bits per heavy atom. The van der Waals surface area contributed by atoms with Crippen LogP contribution in [-0.2, 0) is 17.8 Å². The fourth-order valence-electron chi connectivity index (χ4n) is 4.24. The Hall–Kier alpha value is -3.07. The highest BCUT2D eigenvalue weighted by Crippen LogP contribution is 2.34. The fraction of sp³-hybridized carbons (Fsp3) is 0.409. The number of aromatic hydroxyl groups is 1. The maximum atomic E-state index is 13.8. The Balaban J connectivity index is 1.65. The van der Waals surface area contributed by atoms with E-state index in [1.54, 1.807) is 0 Å². The smallest absolute Gasteiger partial charge is 0.257 e. The van der Waals surface area contributed by atoms with Crippen molar-refractivity contribution in [2.75, 3.05) is 6.61 Å². The van der Waals surface area contributed by atoms with Crippen molar-refractivity contribution in [3.63, 3.8) is 0 Å². The van der Waals surface area contributed by atoms with Crippen LogP contribution >= 0.6 is 0 Å². The van der Waals surface area contributed by atoms with E-state index in [0.717, 1.165) is 6.07 Å². The van der Waals surface area contributed by atoms with Crippen molar-refractivity contribution < 1.29 is 28.2 Å². The quantitative estimate of drug-likeness (QED) is 0.776. The Kier molecular flexibility index (Phi) is 5.62. The van der Waals surface area contributed by atoms with Crippen molar-refractivity contribution in [2.24, 2.45) is 11.8 Å². The number of amides is 1. The molecule has 31 heavy (non-hydrogen) atoms. The van der Waals surface area contributed by atoms with Gasteiger partial charge in [-0.15, -0.1) is 0 Å². The molecule has 2 aliphatic rings. The van der Waals surface area contributed by atoms with Crippen LogP contribution in [0.25, 0.3) is 0 Å². The summed E-state index contributed by atoms with van der Waals surface area (Å²) >= 11 is 0. The van der Waals surface area contributed by atoms with E-state index in [1.807, 2.05) is 6.92 Å². The van der Waals surface area contributed by atoms with E-state index in [9.17, 15) is 28.3 Å². The van der Waals surface area contributed by atoms with Crippen LogP contribution in [0, 0.1) is 23.5 Å². The SMILES string of the molecule is C[C@@H]1CCOC2CC1C(=O)c1c(O)c(=O)c(C(=O)NCc3ccc(F)cc3F)cn1C2. The molecule has 2 aromatic rings. The van der Waals surface area contributed by atoms with E-state index in [-0.39, 0.29) is 53.6 Å². The van der Waals surface area contributed by atoms with Crippen LogP contribution in [0.5, 0.6) is 5.75 Å². The summed E-state index contributed by atoms with van der Waals surface area (Å²) in [5.74, 6) is -3.88. The molecule has 1 fully saturated rings. The molecule has 3 atom stereocenters. The lowest BCUT2D eigenvalue weighted by Gasteiger charge is -2.20. The molecular formula is C22H22F2N2O5. The van der Waals surface area contributed by atoms with Crippen LogP contribution in [0.1, 0.15) is 46.2 Å². The normalized spacial score (nSPS) is 22.9. The van der Waals surface area contributed by atoms with E-state index >= 15 is 0 Å². The number of aromatic nitrogens is 1. The first-order valence-electron chi connectivity index (χ1n) is 10.1. The number of carbonyl (C=O) groups is 2. The zero-order valence-corrected chi connectivity index (χ0v) is 16.9. The number of nitrogens with one attached hydrogen (secondary N) is 1. The third-order valence-electron chi connectivity index (χ3n) is 6.06. The van der Waals surface area contributed by atoms with Gasteiger partial charge < -0.3 is 19.7 Å². The molecule has 0 spiro atoms. The highest BCUT2D eigenvalue weighted by atomic mass is 19.1. The molecule has 2 bridgehead atoms. The lowest BCUT2D eigenvalue weighted by molar-refractivity contribution is 0.0444. The van der Waals surface area contributed by atoms with Gasteiger partial charge in [0.05, 0.1) is 6.10 Å². The highest BCUT2D eigenvalue weighted by Gasteiger charge is 2.38. The van der Waals surface area contributed by atoms with Crippen LogP contribution in [0.2, 0.25) is 0 Å². The highest BCUT2D eigenvalue weighted by molar-refractivity contribution is 6.01. The first-order chi connectivity index (χ1) is 14.8. The molecule has 2 N–H and O–H groups in total. The molecule has 9 heteroatoms. The number of ketones is 1. The van der Waals surface area contributed by atoms with Gasteiger partial charge in [0.25, 0.3) is 5.91 Å². The topological polar surface area (TPSA) is 97.6 Å². The van der Waals surface area contributed by atoms with Crippen molar-refractivity contribution in [1.82, 2.24) is 9.88 Å². The summed E-state index contributed by atoms with van der Waals surface area (Å²) in [6, 6.07) is 2.94. The minimum Gasteiger partial charge on any atom is -0.503 e. The minimum atomic E-state index is -0.973. The number of benzene rings is 1. The van der Waals surface area contributed by atoms with E-state index in [4.69, 9.17) is 4.74 Å². The molecule has 0 radical (unpaired) electrons. The average Bonchev–Trinajstić information content (AvgIpc) is 2.98. The Labute approximate surface area is 176 Å². The molecule has 0 aliphatic carbocycles. The van der Waals surface area contributed by atoms with E-state index in [1.165, 1.54) is 16.8 Å². The van der Waals surface area contributed by atoms with Gasteiger partial charge >= 0.3 is 0 Å². The molecule has 1 aromatic carbocycles. The molecule has 2 aliphatic heterocycles. The largest absolute Gasteiger partial charge is 0.503 e. The number of hydrogen-bond acceptors (Lipinski definition) is 5. The van der Waals surface area contributed by atoms with Gasteiger partial charge in [0, 0.05) is 43.4 Å². The third-order valence-corrected chi connectivity index (χ3v) is 6.06. The number of halogens is 2. The summed E-state index contributed by atoms with van der Waals surface area (Å²) in [6.07, 6.45) is 2.13. The van der Waals surface area contributed by atoms with E-state index < -0.39 is 28.7 Å². The van der Waals surface area contributed by atoms with Crippen molar-refractivity contribution >= 4 is 11.7 Å². The minimum absolute atomic E-state index is 0.0344. The average molecular weight is 432 g/mol. The van der Waals surface area contributed by atoms with Crippen LogP contribution < -0.4 is 10.7 Å². The lowest BCUT2D eigenvalue weighted by Crippen LogP contribution is -2.32. The molecule has 164 valence electrons. The number of rotatable bonds is 3. The fourth-order valence-corrected chi connectivity index (χ4v) is 4.24. The van der Waals surface area contributed by atoms with Crippen LogP contribution in [0.15, 0.2) is 29.2 Å². The zero-order valence-electron chi connectivity index (χ0n) is 16.9. The van der Waals surface area contributed by atoms with E-state index in [2.05, 4.69) is 5.32 Å². The standard InChI is InChI=1S/C22H22F2N2O5/c1-11-4-5-31-14-7-15(11)19(27)18-21(29)20(28)16(10-26(18)9-14)22(30)25-8-12-2-3-13(23)6-17(12)24/h2-3,6,10-11,14-15,29H,4-5,7-9H2,1H3,(H,25,30)/t11-,14?,15?/m1/s1. The van der Waals surface area contributed by atoms with Crippen LogP contribution in [-0.4, -0.2) is 34.1 Å². The van der Waals surface area contributed by atoms with Gasteiger partial charge in [-0.2, -0.15) is 0 Å². The molecule has 1 saturated heterocycles. The number of pyridine rings is 1. The zero-order chi connectivity index (χ0) is 22.3. The second-order valence-corrected chi connectivity index (χ2v) is 8.11. The summed E-state index contributed by atoms with van der Waals surface area (Å²) in [7, 11) is 0. The van der Waals surface area contributed by atoms with Crippen molar-refractivity contribution in [2.45, 2.75) is 39.0 Å². The molecule has 1 aromatic heterocycles. The Bertz CT molecular complexity index is 1110. The number of ether oxygens (including phenoxy) is 1. The first kappa shape index (κ1) is 21.2. The van der Waals surface area contributed by atoms with Gasteiger partial charge in [-0.25, -0.2) is 8.78 Å². The van der Waals surface area contributed by atoms with Gasteiger partial charge in [0.15, 0.2) is 11.5 Å². The molecule has 3 heterocycles. The third kappa shape index (κ3) is 3.97. The van der Waals surface area contributed by atoms with Gasteiger partial charge in [-0.3, -0.25) is 14.4 Å². The number of fused-ring (bicyclic) bond motifs is 3. The molecule has 4 rings (SSSR count). The van der Waals surface area contributed by atoms with Crippen molar-refractivity contribution in [3.05, 3.63) is 63.1 Å². The monoisotopic (exact) mass is 432 g/mol. The van der Waals surface area contributed by atoms with Crippen LogP contribution in [0.3, 0.4) is 0 Å². The maximum Gasteiger partial charge on any atom is 0.257 e. The van der Waals surface area contributed by atoms with Gasteiger partial charge in [-0.1, -0.05) is 13.0 Å². The van der Waals surface area contributed by atoms with Crippen LogP contribution in [0.4, 0.5) is 8.78 Å². The number of nitrogens with zero attached hydrogens (tertiary/aromatic N) is 1. The van der Waals surface area contributed by atoms with Crippen molar-refractivity contribution in [1.29, 1.82) is 0 Å². The molecule has 0 saturated carbocycles. The number of carbonyl (C=O) groups excluding carboxylic acids is 2. The van der Waals surface area contributed by atoms with Gasteiger partial charge in [-0.05, 0) is 24.8 Å². The summed E-state index contributed by atoms with van der Waals surface area (Å²) < 4.78 is 34.1. The molecular weight excluding hydrogens is 410 g/mol. The van der Waals surface area contributed by atoms with E-state index in [0.29, 0.717) is 25.5 Å². The Morgan fingerprint density at radius 2 is 2.10 bits per heavy atom. The Morgan fingerprint density at radius 1 is 1.32 bits per heavy atom. The summed E-state index contributed by atoms with van der Waals surface area (Å²) in [5.41, 5.74) is -1.43.